The maximum Gasteiger partial charge on any atom is 0.309 e. The molecule has 2 aromatic rings. The molecule has 0 atom stereocenters. The van der Waals surface area contributed by atoms with Gasteiger partial charge < -0.3 is 9.29 Å². The molecule has 0 heterocycles. The number of rotatable bonds is 11. The van der Waals surface area contributed by atoms with E-state index in [4.69, 9.17) is 4.18 Å². The molecule has 0 saturated heterocycles. The summed E-state index contributed by atoms with van der Waals surface area (Å²) < 4.78 is 35.3. The first-order chi connectivity index (χ1) is 15.5. The summed E-state index contributed by atoms with van der Waals surface area (Å²) in [6.45, 7) is 2.21. The lowest BCUT2D eigenvalue weighted by atomic mass is 10.1. The molecule has 0 unspecified atom stereocenters. The van der Waals surface area contributed by atoms with E-state index < -0.39 is 10.1 Å². The third kappa shape index (κ3) is 14.2. The Balaban J connectivity index is 0.000000451. The van der Waals surface area contributed by atoms with E-state index in [2.05, 4.69) is 142 Å². The summed E-state index contributed by atoms with van der Waals surface area (Å²) in [5.74, 6) is 0.952. The SMILES string of the molecule is CCCCCCCCCCS(=O)(=O)Oc1c(I)cc(I)cc1I.Oc1c(I)cc(I)cc1I. The second-order valence-electron chi connectivity index (χ2n) is 7.24. The van der Waals surface area contributed by atoms with Crippen molar-refractivity contribution >= 4 is 146 Å². The topological polar surface area (TPSA) is 63.6 Å². The molecular formula is C22H26I6O4S. The van der Waals surface area contributed by atoms with Crippen molar-refractivity contribution in [2.75, 3.05) is 5.75 Å². The quantitative estimate of drug-likeness (QED) is 0.139. The fourth-order valence-corrected chi connectivity index (χ4v) is 11.5. The highest BCUT2D eigenvalue weighted by Gasteiger charge is 2.17. The number of unbranched alkanes of at least 4 members (excludes halogenated alkanes) is 7. The van der Waals surface area contributed by atoms with Gasteiger partial charge in [-0.25, -0.2) is 0 Å². The summed E-state index contributed by atoms with van der Waals surface area (Å²) >= 11 is 12.9. The van der Waals surface area contributed by atoms with E-state index in [1.165, 1.54) is 32.1 Å². The third-order valence-electron chi connectivity index (χ3n) is 4.40. The second kappa shape index (κ2) is 17.8. The molecule has 0 fully saturated rings. The highest BCUT2D eigenvalue weighted by molar-refractivity contribution is 14.1. The van der Waals surface area contributed by atoms with Gasteiger partial charge in [-0.15, -0.1) is 0 Å². The zero-order valence-electron chi connectivity index (χ0n) is 18.0. The molecule has 2 aromatic carbocycles. The van der Waals surface area contributed by atoms with Crippen molar-refractivity contribution in [3.8, 4) is 11.5 Å². The van der Waals surface area contributed by atoms with Crippen LogP contribution in [0.1, 0.15) is 58.3 Å². The van der Waals surface area contributed by atoms with Crippen LogP contribution in [0.25, 0.3) is 0 Å². The summed E-state index contributed by atoms with van der Waals surface area (Å²) in [6.07, 6.45) is 9.05. The minimum absolute atomic E-state index is 0.0973. The molecule has 0 aliphatic carbocycles. The molecule has 0 amide bonds. The largest absolute Gasteiger partial charge is 0.506 e. The zero-order valence-corrected chi connectivity index (χ0v) is 31.8. The molecule has 186 valence electrons. The molecular weight excluding hydrogens is 1120 g/mol. The van der Waals surface area contributed by atoms with E-state index in [9.17, 15) is 13.5 Å². The van der Waals surface area contributed by atoms with Crippen LogP contribution in [0.4, 0.5) is 0 Å². The first-order valence-electron chi connectivity index (χ1n) is 10.4. The lowest BCUT2D eigenvalue weighted by Crippen LogP contribution is -2.15. The summed E-state index contributed by atoms with van der Waals surface area (Å²) in [7, 11) is -3.51. The number of phenols is 1. The summed E-state index contributed by atoms with van der Waals surface area (Å²) in [5, 5.41) is 9.31. The van der Waals surface area contributed by atoms with Gasteiger partial charge in [0.05, 0.1) is 20.0 Å². The Bertz CT molecular complexity index is 952. The summed E-state index contributed by atoms with van der Waals surface area (Å²) in [5.41, 5.74) is 0. The van der Waals surface area contributed by atoms with E-state index in [0.717, 1.165) is 34.3 Å². The van der Waals surface area contributed by atoms with Gasteiger partial charge in [-0.2, -0.15) is 8.42 Å². The van der Waals surface area contributed by atoms with Crippen molar-refractivity contribution in [3.63, 3.8) is 0 Å². The van der Waals surface area contributed by atoms with E-state index in [1.807, 2.05) is 24.3 Å². The van der Waals surface area contributed by atoms with E-state index in [-0.39, 0.29) is 5.75 Å². The smallest absolute Gasteiger partial charge is 0.309 e. The Morgan fingerprint density at radius 1 is 0.697 bits per heavy atom. The Morgan fingerprint density at radius 3 is 1.55 bits per heavy atom. The number of halogens is 6. The lowest BCUT2D eigenvalue weighted by molar-refractivity contribution is 0.467. The van der Waals surface area contributed by atoms with Crippen molar-refractivity contribution in [1.82, 2.24) is 0 Å². The molecule has 0 radical (unpaired) electrons. The zero-order chi connectivity index (χ0) is 25.0. The Hall–Kier alpha value is 2.37. The molecule has 2 rings (SSSR count). The predicted octanol–water partition coefficient (Wildman–Crippen LogP) is 9.56. The number of hydrogen-bond acceptors (Lipinski definition) is 4. The maximum absolute atomic E-state index is 12.1. The fraction of sp³-hybridized carbons (Fsp3) is 0.455. The van der Waals surface area contributed by atoms with Crippen LogP contribution in [-0.4, -0.2) is 19.3 Å². The molecule has 0 aromatic heterocycles. The number of benzene rings is 2. The van der Waals surface area contributed by atoms with Gasteiger partial charge in [0.25, 0.3) is 0 Å². The molecule has 33 heavy (non-hydrogen) atoms. The van der Waals surface area contributed by atoms with E-state index in [0.29, 0.717) is 17.9 Å². The van der Waals surface area contributed by atoms with Crippen molar-refractivity contribution in [2.24, 2.45) is 0 Å². The van der Waals surface area contributed by atoms with Gasteiger partial charge in [-0.3, -0.25) is 0 Å². The Morgan fingerprint density at radius 2 is 1.09 bits per heavy atom. The average Bonchev–Trinajstić information content (AvgIpc) is 2.71. The first kappa shape index (κ1) is 33.4. The molecule has 0 saturated carbocycles. The Kier molecular flexibility index (Phi) is 18.0. The van der Waals surface area contributed by atoms with Crippen LogP contribution in [0, 0.1) is 21.4 Å². The standard InChI is InChI=1S/C16H23I3O3S.C6H3I3O/c1-2-3-4-5-6-7-8-9-10-23(20,21)22-16-14(18)11-13(17)12-15(16)19;7-3-1-4(8)6(10)5(9)2-3/h11-12H,2-10H2,1H3;1-2,10H. The fourth-order valence-electron chi connectivity index (χ4n) is 2.72. The molecule has 11 heteroatoms. The van der Waals surface area contributed by atoms with Crippen LogP contribution in [0.2, 0.25) is 0 Å². The van der Waals surface area contributed by atoms with Crippen molar-refractivity contribution < 1.29 is 17.7 Å². The molecule has 4 nitrogen and oxygen atoms in total. The van der Waals surface area contributed by atoms with Gasteiger partial charge in [-0.05, 0) is 166 Å². The van der Waals surface area contributed by atoms with Gasteiger partial charge in [0, 0.05) is 7.14 Å². The highest BCUT2D eigenvalue weighted by atomic mass is 127. The first-order valence-corrected chi connectivity index (χ1v) is 18.4. The van der Waals surface area contributed by atoms with Gasteiger partial charge in [-0.1, -0.05) is 51.9 Å². The van der Waals surface area contributed by atoms with Gasteiger partial charge in [0.2, 0.25) is 0 Å². The van der Waals surface area contributed by atoms with Crippen molar-refractivity contribution in [1.29, 1.82) is 0 Å². The summed E-state index contributed by atoms with van der Waals surface area (Å²) in [4.78, 5) is 0. The van der Waals surface area contributed by atoms with Crippen LogP contribution in [0.5, 0.6) is 11.5 Å². The average molecular weight is 1150 g/mol. The molecule has 1 N–H and O–H groups in total. The number of phenolic OH excluding ortho intramolecular Hbond substituents is 1. The van der Waals surface area contributed by atoms with Gasteiger partial charge >= 0.3 is 10.1 Å². The highest BCUT2D eigenvalue weighted by Crippen LogP contribution is 2.31. The van der Waals surface area contributed by atoms with Gasteiger partial charge in [0.15, 0.2) is 5.75 Å². The minimum Gasteiger partial charge on any atom is -0.506 e. The van der Waals surface area contributed by atoms with Crippen molar-refractivity contribution in [3.05, 3.63) is 45.7 Å². The predicted molar refractivity (Wildman–Crippen MR) is 188 cm³/mol. The van der Waals surface area contributed by atoms with Crippen LogP contribution < -0.4 is 4.18 Å². The Labute approximate surface area is 279 Å². The molecule has 0 spiro atoms. The molecule has 0 bridgehead atoms. The summed E-state index contributed by atoms with van der Waals surface area (Å²) in [6, 6.07) is 7.73. The lowest BCUT2D eigenvalue weighted by Gasteiger charge is -2.11. The second-order valence-corrected chi connectivity index (χ2v) is 16.1. The van der Waals surface area contributed by atoms with Crippen molar-refractivity contribution in [2.45, 2.75) is 58.3 Å². The van der Waals surface area contributed by atoms with Crippen LogP contribution in [-0.2, 0) is 10.1 Å². The number of hydrogen-bond donors (Lipinski definition) is 1. The van der Waals surface area contributed by atoms with Crippen LogP contribution >= 0.6 is 136 Å². The van der Waals surface area contributed by atoms with Gasteiger partial charge in [0.1, 0.15) is 5.75 Å². The normalized spacial score (nSPS) is 11.1. The monoisotopic (exact) mass is 1150 g/mol. The maximum atomic E-state index is 12.1. The molecule has 0 aliphatic heterocycles. The van der Waals surface area contributed by atoms with Crippen LogP contribution in [0.3, 0.4) is 0 Å². The third-order valence-corrected chi connectivity index (χ3v) is 10.1. The molecule has 0 aliphatic rings. The minimum atomic E-state index is -3.51. The van der Waals surface area contributed by atoms with E-state index in [1.54, 1.807) is 0 Å². The van der Waals surface area contributed by atoms with E-state index >= 15 is 0 Å². The number of aromatic hydroxyl groups is 1. The van der Waals surface area contributed by atoms with Crippen LogP contribution in [0.15, 0.2) is 24.3 Å².